The number of nitrogens with one attached hydrogen (secondary N) is 1. The number of amides is 1. The van der Waals surface area contributed by atoms with Crippen LogP contribution in [0.3, 0.4) is 0 Å². The molecule has 0 aliphatic carbocycles. The van der Waals surface area contributed by atoms with E-state index in [1.165, 1.54) is 0 Å². The molecule has 0 atom stereocenters. The second-order valence-electron chi connectivity index (χ2n) is 6.33. The van der Waals surface area contributed by atoms with Gasteiger partial charge in [0, 0.05) is 18.0 Å². The van der Waals surface area contributed by atoms with Crippen molar-refractivity contribution >= 4 is 5.91 Å². The minimum atomic E-state index is -0.147. The molecule has 1 aromatic carbocycles. The van der Waals surface area contributed by atoms with E-state index in [2.05, 4.69) is 20.2 Å². The number of aromatic amines is 1. The molecule has 0 aliphatic heterocycles. The monoisotopic (exact) mass is 369 g/mol. The molecule has 0 radical (unpaired) electrons. The van der Waals surface area contributed by atoms with Crippen LogP contribution in [0.1, 0.15) is 21.7 Å². The molecule has 1 amide bonds. The maximum atomic E-state index is 13.1. The fourth-order valence-corrected chi connectivity index (χ4v) is 3.03. The largest absolute Gasteiger partial charge is 0.327 e. The molecule has 28 heavy (non-hydrogen) atoms. The van der Waals surface area contributed by atoms with E-state index in [0.717, 1.165) is 22.5 Å². The predicted octanol–water partition coefficient (Wildman–Crippen LogP) is 3.71. The molecule has 0 spiro atoms. The van der Waals surface area contributed by atoms with Gasteiger partial charge in [-0.3, -0.25) is 19.9 Å². The highest BCUT2D eigenvalue weighted by Gasteiger charge is 2.20. The fourth-order valence-electron chi connectivity index (χ4n) is 3.03. The van der Waals surface area contributed by atoms with Crippen LogP contribution in [-0.2, 0) is 13.1 Å². The first-order valence-electron chi connectivity index (χ1n) is 8.99. The van der Waals surface area contributed by atoms with E-state index in [9.17, 15) is 4.79 Å². The van der Waals surface area contributed by atoms with Crippen molar-refractivity contribution in [3.63, 3.8) is 0 Å². The number of benzene rings is 1. The van der Waals surface area contributed by atoms with E-state index in [0.29, 0.717) is 18.8 Å². The van der Waals surface area contributed by atoms with Crippen LogP contribution in [0.4, 0.5) is 0 Å². The summed E-state index contributed by atoms with van der Waals surface area (Å²) in [5, 5.41) is 7.25. The van der Waals surface area contributed by atoms with Crippen molar-refractivity contribution in [3.8, 4) is 11.3 Å². The normalized spacial score (nSPS) is 10.6. The SMILES string of the molecule is O=C(c1ccccn1)N(Cc1ccccn1)Cc1cn[nH]c1-c1ccccc1. The van der Waals surface area contributed by atoms with Gasteiger partial charge in [-0.05, 0) is 29.8 Å². The molecule has 4 rings (SSSR count). The van der Waals surface area contributed by atoms with E-state index in [1.54, 1.807) is 35.6 Å². The molecule has 3 heterocycles. The molecule has 4 aromatic rings. The van der Waals surface area contributed by atoms with Gasteiger partial charge in [0.2, 0.25) is 0 Å². The Bertz CT molecular complexity index is 1030. The molecule has 1 N–H and O–H groups in total. The van der Waals surface area contributed by atoms with Gasteiger partial charge in [0.05, 0.1) is 30.7 Å². The molecule has 0 aliphatic rings. The molecule has 6 nitrogen and oxygen atoms in total. The zero-order chi connectivity index (χ0) is 19.2. The summed E-state index contributed by atoms with van der Waals surface area (Å²) < 4.78 is 0. The van der Waals surface area contributed by atoms with Crippen molar-refractivity contribution in [2.45, 2.75) is 13.1 Å². The number of nitrogens with zero attached hydrogens (tertiary/aromatic N) is 4. The maximum Gasteiger partial charge on any atom is 0.273 e. The average molecular weight is 369 g/mol. The van der Waals surface area contributed by atoms with Gasteiger partial charge in [-0.2, -0.15) is 5.10 Å². The van der Waals surface area contributed by atoms with Gasteiger partial charge >= 0.3 is 0 Å². The summed E-state index contributed by atoms with van der Waals surface area (Å²) in [4.78, 5) is 23.4. The number of rotatable bonds is 6. The lowest BCUT2D eigenvalue weighted by Crippen LogP contribution is -2.31. The van der Waals surface area contributed by atoms with Crippen molar-refractivity contribution in [2.24, 2.45) is 0 Å². The second-order valence-corrected chi connectivity index (χ2v) is 6.33. The molecule has 0 bridgehead atoms. The third-order valence-electron chi connectivity index (χ3n) is 4.39. The summed E-state index contributed by atoms with van der Waals surface area (Å²) in [5.41, 5.74) is 4.09. The number of aromatic nitrogens is 4. The van der Waals surface area contributed by atoms with Crippen LogP contribution in [-0.4, -0.2) is 31.0 Å². The third-order valence-corrected chi connectivity index (χ3v) is 4.39. The van der Waals surface area contributed by atoms with Crippen molar-refractivity contribution in [1.82, 2.24) is 25.1 Å². The molecular weight excluding hydrogens is 350 g/mol. The second kappa shape index (κ2) is 8.26. The minimum absolute atomic E-state index is 0.147. The van der Waals surface area contributed by atoms with Gasteiger partial charge in [0.25, 0.3) is 5.91 Å². The van der Waals surface area contributed by atoms with Crippen LogP contribution in [0, 0.1) is 0 Å². The Balaban J connectivity index is 1.65. The predicted molar refractivity (Wildman–Crippen MR) is 106 cm³/mol. The van der Waals surface area contributed by atoms with Crippen LogP contribution in [0.15, 0.2) is 85.3 Å². The van der Waals surface area contributed by atoms with E-state index >= 15 is 0 Å². The first-order valence-corrected chi connectivity index (χ1v) is 8.99. The summed E-state index contributed by atoms with van der Waals surface area (Å²) in [7, 11) is 0. The van der Waals surface area contributed by atoms with Crippen LogP contribution >= 0.6 is 0 Å². The quantitative estimate of drug-likeness (QED) is 0.562. The van der Waals surface area contributed by atoms with Gasteiger partial charge in [0.15, 0.2) is 0 Å². The minimum Gasteiger partial charge on any atom is -0.327 e. The molecule has 138 valence electrons. The van der Waals surface area contributed by atoms with Gasteiger partial charge < -0.3 is 4.90 Å². The number of carbonyl (C=O) groups is 1. The zero-order valence-corrected chi connectivity index (χ0v) is 15.2. The molecule has 0 fully saturated rings. The zero-order valence-electron chi connectivity index (χ0n) is 15.2. The van der Waals surface area contributed by atoms with Crippen molar-refractivity contribution in [3.05, 3.63) is 102 Å². The molecule has 0 saturated heterocycles. The maximum absolute atomic E-state index is 13.1. The number of hydrogen-bond acceptors (Lipinski definition) is 4. The summed E-state index contributed by atoms with van der Waals surface area (Å²) in [6.07, 6.45) is 5.12. The number of hydrogen-bond donors (Lipinski definition) is 1. The Morgan fingerprint density at radius 2 is 1.61 bits per heavy atom. The standard InChI is InChI=1S/C22H19N5O/c28-22(20-11-5-7-13-24-20)27(16-19-10-4-6-12-23-19)15-18-14-25-26-21(18)17-8-2-1-3-9-17/h1-14H,15-16H2,(H,25,26). The lowest BCUT2D eigenvalue weighted by atomic mass is 10.1. The van der Waals surface area contributed by atoms with Gasteiger partial charge in [-0.25, -0.2) is 0 Å². The average Bonchev–Trinajstić information content (AvgIpc) is 3.23. The highest BCUT2D eigenvalue weighted by atomic mass is 16.2. The number of H-pyrrole nitrogens is 1. The molecular formula is C22H19N5O. The van der Waals surface area contributed by atoms with Gasteiger partial charge in [-0.1, -0.05) is 42.5 Å². The Labute approximate surface area is 162 Å². The van der Waals surface area contributed by atoms with Crippen molar-refractivity contribution in [1.29, 1.82) is 0 Å². The molecule has 0 saturated carbocycles. The van der Waals surface area contributed by atoms with Crippen LogP contribution in [0.2, 0.25) is 0 Å². The summed E-state index contributed by atoms with van der Waals surface area (Å²) in [6, 6.07) is 21.0. The Morgan fingerprint density at radius 1 is 0.857 bits per heavy atom. The van der Waals surface area contributed by atoms with Crippen LogP contribution in [0.5, 0.6) is 0 Å². The lowest BCUT2D eigenvalue weighted by molar-refractivity contribution is 0.0722. The summed E-state index contributed by atoms with van der Waals surface area (Å²) >= 11 is 0. The molecule has 0 unspecified atom stereocenters. The highest BCUT2D eigenvalue weighted by molar-refractivity contribution is 5.92. The first-order chi connectivity index (χ1) is 13.8. The van der Waals surface area contributed by atoms with Crippen LogP contribution in [0.25, 0.3) is 11.3 Å². The highest BCUT2D eigenvalue weighted by Crippen LogP contribution is 2.23. The summed E-state index contributed by atoms with van der Waals surface area (Å²) in [5.74, 6) is -0.147. The van der Waals surface area contributed by atoms with E-state index in [1.807, 2.05) is 54.6 Å². The third kappa shape index (κ3) is 3.96. The Morgan fingerprint density at radius 3 is 2.32 bits per heavy atom. The van der Waals surface area contributed by atoms with Crippen molar-refractivity contribution < 1.29 is 4.79 Å². The van der Waals surface area contributed by atoms with Crippen LogP contribution < -0.4 is 0 Å². The molecule has 3 aromatic heterocycles. The summed E-state index contributed by atoms with van der Waals surface area (Å²) in [6.45, 7) is 0.780. The van der Waals surface area contributed by atoms with Crippen molar-refractivity contribution in [2.75, 3.05) is 0 Å². The van der Waals surface area contributed by atoms with E-state index in [4.69, 9.17) is 0 Å². The first kappa shape index (κ1) is 17.6. The Hall–Kier alpha value is -3.80. The van der Waals surface area contributed by atoms with E-state index < -0.39 is 0 Å². The van der Waals surface area contributed by atoms with E-state index in [-0.39, 0.29) is 5.91 Å². The van der Waals surface area contributed by atoms with Gasteiger partial charge in [0.1, 0.15) is 5.69 Å². The fraction of sp³-hybridized carbons (Fsp3) is 0.0909. The number of pyridine rings is 2. The van der Waals surface area contributed by atoms with Gasteiger partial charge in [-0.15, -0.1) is 0 Å². The molecule has 6 heteroatoms. The lowest BCUT2D eigenvalue weighted by Gasteiger charge is -2.22. The topological polar surface area (TPSA) is 74.8 Å². The number of carbonyl (C=O) groups excluding carboxylic acids is 1. The smallest absolute Gasteiger partial charge is 0.273 e. The Kier molecular flexibility index (Phi) is 5.20.